The van der Waals surface area contributed by atoms with Crippen LogP contribution in [-0.4, -0.2) is 0 Å². The number of rotatable bonds is 1. The molecule has 0 radical (unpaired) electrons. The van der Waals surface area contributed by atoms with Gasteiger partial charge in [0.1, 0.15) is 5.82 Å². The summed E-state index contributed by atoms with van der Waals surface area (Å²) in [5, 5.41) is 0. The zero-order chi connectivity index (χ0) is 9.31. The lowest BCUT2D eigenvalue weighted by molar-refractivity contribution is 0.509. The number of hydrogen-bond donors (Lipinski definition) is 0. The Bertz CT molecular complexity index is 313. The fourth-order valence-corrected chi connectivity index (χ4v) is 1.86. The minimum Gasteiger partial charge on any atom is -0.207 e. The van der Waals surface area contributed by atoms with Crippen molar-refractivity contribution < 1.29 is 4.39 Å². The topological polar surface area (TPSA) is 0 Å². The molecule has 0 spiro atoms. The maximum absolute atomic E-state index is 12.7. The second-order valence-electron chi connectivity index (χ2n) is 3.95. The maximum atomic E-state index is 12.7. The van der Waals surface area contributed by atoms with Crippen LogP contribution in [0.2, 0.25) is 0 Å². The summed E-state index contributed by atoms with van der Waals surface area (Å²) in [4.78, 5) is 0. The summed E-state index contributed by atoms with van der Waals surface area (Å²) < 4.78 is 12.7. The van der Waals surface area contributed by atoms with Gasteiger partial charge in [-0.15, -0.1) is 0 Å². The highest BCUT2D eigenvalue weighted by Crippen LogP contribution is 2.36. The normalized spacial score (nSPS) is 19.2. The lowest BCUT2D eigenvalue weighted by Gasteiger charge is -2.23. The van der Waals surface area contributed by atoms with E-state index in [9.17, 15) is 4.39 Å². The molecular weight excluding hydrogens is 163 g/mol. The van der Waals surface area contributed by atoms with Crippen molar-refractivity contribution in [3.8, 4) is 0 Å². The van der Waals surface area contributed by atoms with Gasteiger partial charge in [0.15, 0.2) is 0 Å². The average Bonchev–Trinajstić information content (AvgIpc) is 2.54. The van der Waals surface area contributed by atoms with Crippen molar-refractivity contribution in [1.82, 2.24) is 0 Å². The van der Waals surface area contributed by atoms with Crippen LogP contribution in [0.5, 0.6) is 0 Å². The molecule has 0 aromatic heterocycles. The second kappa shape index (κ2) is 2.99. The molecule has 0 bridgehead atoms. The van der Waals surface area contributed by atoms with Gasteiger partial charge in [0.2, 0.25) is 0 Å². The predicted molar refractivity (Wildman–Crippen MR) is 52.1 cm³/mol. The van der Waals surface area contributed by atoms with Gasteiger partial charge in [0, 0.05) is 0 Å². The Labute approximate surface area is 78.1 Å². The molecule has 0 saturated carbocycles. The standard InChI is InChI=1S/C12H13F/c1-12(8-2-3-9-12)10-4-6-11(13)7-5-10/h2-7H,8-9H2,1H3. The van der Waals surface area contributed by atoms with Crippen molar-refractivity contribution in [2.24, 2.45) is 0 Å². The first kappa shape index (κ1) is 8.49. The smallest absolute Gasteiger partial charge is 0.123 e. The first-order chi connectivity index (χ1) is 6.21. The number of benzene rings is 1. The van der Waals surface area contributed by atoms with E-state index in [-0.39, 0.29) is 11.2 Å². The van der Waals surface area contributed by atoms with Crippen LogP contribution in [0.4, 0.5) is 4.39 Å². The van der Waals surface area contributed by atoms with Crippen LogP contribution in [0.15, 0.2) is 36.4 Å². The van der Waals surface area contributed by atoms with Crippen LogP contribution in [-0.2, 0) is 5.41 Å². The molecular formula is C12H13F. The van der Waals surface area contributed by atoms with E-state index in [0.717, 1.165) is 12.8 Å². The van der Waals surface area contributed by atoms with Crippen molar-refractivity contribution in [2.45, 2.75) is 25.2 Å². The molecule has 0 aliphatic heterocycles. The van der Waals surface area contributed by atoms with Crippen LogP contribution in [0.25, 0.3) is 0 Å². The molecule has 0 atom stereocenters. The van der Waals surface area contributed by atoms with E-state index in [4.69, 9.17) is 0 Å². The van der Waals surface area contributed by atoms with Crippen molar-refractivity contribution in [3.63, 3.8) is 0 Å². The van der Waals surface area contributed by atoms with Crippen LogP contribution < -0.4 is 0 Å². The van der Waals surface area contributed by atoms with Gasteiger partial charge in [-0.3, -0.25) is 0 Å². The summed E-state index contributed by atoms with van der Waals surface area (Å²) in [7, 11) is 0. The highest BCUT2D eigenvalue weighted by Gasteiger charge is 2.26. The van der Waals surface area contributed by atoms with E-state index in [1.165, 1.54) is 5.56 Å². The molecule has 0 heterocycles. The lowest BCUT2D eigenvalue weighted by atomic mass is 9.80. The van der Waals surface area contributed by atoms with Gasteiger partial charge in [-0.2, -0.15) is 0 Å². The van der Waals surface area contributed by atoms with Crippen molar-refractivity contribution >= 4 is 0 Å². The van der Waals surface area contributed by atoms with E-state index in [1.807, 2.05) is 12.1 Å². The van der Waals surface area contributed by atoms with Crippen LogP contribution >= 0.6 is 0 Å². The fraction of sp³-hybridized carbons (Fsp3) is 0.333. The average molecular weight is 176 g/mol. The Hall–Kier alpha value is -1.11. The largest absolute Gasteiger partial charge is 0.207 e. The van der Waals surface area contributed by atoms with Gasteiger partial charge in [0.05, 0.1) is 0 Å². The van der Waals surface area contributed by atoms with Crippen molar-refractivity contribution in [3.05, 3.63) is 47.8 Å². The molecule has 0 saturated heterocycles. The Balaban J connectivity index is 2.30. The highest BCUT2D eigenvalue weighted by molar-refractivity contribution is 5.29. The predicted octanol–water partition coefficient (Wildman–Crippen LogP) is 3.43. The summed E-state index contributed by atoms with van der Waals surface area (Å²) in [5.41, 5.74) is 1.44. The van der Waals surface area contributed by atoms with Gasteiger partial charge in [-0.1, -0.05) is 31.2 Å². The van der Waals surface area contributed by atoms with E-state index in [2.05, 4.69) is 19.1 Å². The molecule has 0 nitrogen and oxygen atoms in total. The number of halogens is 1. The summed E-state index contributed by atoms with van der Waals surface area (Å²) in [6.45, 7) is 2.22. The molecule has 2 rings (SSSR count). The molecule has 1 aliphatic carbocycles. The molecule has 0 fully saturated rings. The zero-order valence-corrected chi connectivity index (χ0v) is 7.76. The Morgan fingerprint density at radius 1 is 1.08 bits per heavy atom. The molecule has 1 aliphatic rings. The molecule has 68 valence electrons. The number of allylic oxidation sites excluding steroid dienone is 2. The lowest BCUT2D eigenvalue weighted by Crippen LogP contribution is -2.16. The third-order valence-electron chi connectivity index (χ3n) is 2.84. The van der Waals surface area contributed by atoms with Gasteiger partial charge < -0.3 is 0 Å². The van der Waals surface area contributed by atoms with Crippen LogP contribution in [0, 0.1) is 5.82 Å². The molecule has 0 unspecified atom stereocenters. The second-order valence-corrected chi connectivity index (χ2v) is 3.95. The van der Waals surface area contributed by atoms with Crippen LogP contribution in [0.1, 0.15) is 25.3 Å². The zero-order valence-electron chi connectivity index (χ0n) is 7.76. The van der Waals surface area contributed by atoms with E-state index >= 15 is 0 Å². The third-order valence-corrected chi connectivity index (χ3v) is 2.84. The molecule has 13 heavy (non-hydrogen) atoms. The Kier molecular flexibility index (Phi) is 1.95. The minimum absolute atomic E-state index is 0.154. The summed E-state index contributed by atoms with van der Waals surface area (Å²) in [6.07, 6.45) is 6.53. The highest BCUT2D eigenvalue weighted by atomic mass is 19.1. The fourth-order valence-electron chi connectivity index (χ4n) is 1.86. The minimum atomic E-state index is -0.154. The maximum Gasteiger partial charge on any atom is 0.123 e. The first-order valence-corrected chi connectivity index (χ1v) is 4.62. The van der Waals surface area contributed by atoms with Crippen molar-refractivity contribution in [1.29, 1.82) is 0 Å². The summed E-state index contributed by atoms with van der Waals surface area (Å²) in [5.74, 6) is -0.154. The third kappa shape index (κ3) is 1.51. The van der Waals surface area contributed by atoms with E-state index in [1.54, 1.807) is 12.1 Å². The summed E-state index contributed by atoms with van der Waals surface area (Å²) >= 11 is 0. The molecule has 1 aromatic carbocycles. The quantitative estimate of drug-likeness (QED) is 0.575. The number of hydrogen-bond acceptors (Lipinski definition) is 0. The molecule has 0 N–H and O–H groups in total. The van der Waals surface area contributed by atoms with Gasteiger partial charge in [0.25, 0.3) is 0 Å². The first-order valence-electron chi connectivity index (χ1n) is 4.62. The summed E-state index contributed by atoms with van der Waals surface area (Å²) in [6, 6.07) is 6.86. The van der Waals surface area contributed by atoms with Gasteiger partial charge in [-0.25, -0.2) is 4.39 Å². The SMILES string of the molecule is CC1(c2ccc(F)cc2)CC=CC1. The Morgan fingerprint density at radius 2 is 1.62 bits per heavy atom. The molecule has 1 aromatic rings. The van der Waals surface area contributed by atoms with E-state index in [0.29, 0.717) is 0 Å². The van der Waals surface area contributed by atoms with E-state index < -0.39 is 0 Å². The van der Waals surface area contributed by atoms with Crippen LogP contribution in [0.3, 0.4) is 0 Å². The molecule has 0 amide bonds. The monoisotopic (exact) mass is 176 g/mol. The Morgan fingerprint density at radius 3 is 2.15 bits per heavy atom. The van der Waals surface area contributed by atoms with Gasteiger partial charge >= 0.3 is 0 Å². The molecule has 1 heteroatoms. The van der Waals surface area contributed by atoms with Crippen molar-refractivity contribution in [2.75, 3.05) is 0 Å². The van der Waals surface area contributed by atoms with Gasteiger partial charge in [-0.05, 0) is 36.0 Å².